The summed E-state index contributed by atoms with van der Waals surface area (Å²) in [4.78, 5) is 12.0. The van der Waals surface area contributed by atoms with Gasteiger partial charge in [0.2, 0.25) is 15.9 Å². The number of benzene rings is 1. The van der Waals surface area contributed by atoms with Crippen LogP contribution < -0.4 is 10.0 Å². The lowest BCUT2D eigenvalue weighted by Gasteiger charge is -2.16. The van der Waals surface area contributed by atoms with Crippen LogP contribution in [0.1, 0.15) is 24.8 Å². The number of carbonyl (C=O) groups is 1. The lowest BCUT2D eigenvalue weighted by atomic mass is 10.1. The van der Waals surface area contributed by atoms with Crippen LogP contribution in [0.15, 0.2) is 26.0 Å². The number of amides is 1. The summed E-state index contributed by atoms with van der Waals surface area (Å²) in [7, 11) is -3.77. The van der Waals surface area contributed by atoms with Crippen molar-refractivity contribution in [3.63, 3.8) is 0 Å². The van der Waals surface area contributed by atoms with Gasteiger partial charge in [-0.05, 0) is 59.8 Å². The van der Waals surface area contributed by atoms with E-state index in [1.165, 1.54) is 6.07 Å². The first-order chi connectivity index (χ1) is 9.81. The van der Waals surface area contributed by atoms with Crippen LogP contribution >= 0.6 is 31.9 Å². The molecule has 8 heteroatoms. The Morgan fingerprint density at radius 1 is 1.24 bits per heavy atom. The van der Waals surface area contributed by atoms with Gasteiger partial charge in [0.15, 0.2) is 0 Å². The van der Waals surface area contributed by atoms with Crippen molar-refractivity contribution in [3.05, 3.63) is 26.6 Å². The Labute approximate surface area is 141 Å². The fourth-order valence-electron chi connectivity index (χ4n) is 2.14. The first-order valence-electron chi connectivity index (χ1n) is 6.57. The molecule has 1 unspecified atom stereocenters. The molecule has 21 heavy (non-hydrogen) atoms. The first kappa shape index (κ1) is 16.9. The van der Waals surface area contributed by atoms with Gasteiger partial charge in [-0.2, -0.15) is 4.72 Å². The number of halogens is 2. The van der Waals surface area contributed by atoms with E-state index in [1.54, 1.807) is 6.07 Å². The Balaban J connectivity index is 2.30. The highest BCUT2D eigenvalue weighted by atomic mass is 79.9. The number of sulfonamides is 1. The van der Waals surface area contributed by atoms with Gasteiger partial charge in [-0.25, -0.2) is 8.42 Å². The van der Waals surface area contributed by atoms with Gasteiger partial charge in [0, 0.05) is 15.5 Å². The number of nitrogens with one attached hydrogen (secondary N) is 2. The molecule has 1 aromatic rings. The van der Waals surface area contributed by atoms with Gasteiger partial charge < -0.3 is 5.32 Å². The van der Waals surface area contributed by atoms with Crippen molar-refractivity contribution in [3.8, 4) is 0 Å². The van der Waals surface area contributed by atoms with E-state index in [0.29, 0.717) is 21.9 Å². The fraction of sp³-hybridized carbons (Fsp3) is 0.462. The molecule has 0 aliphatic carbocycles. The predicted molar refractivity (Wildman–Crippen MR) is 87.5 cm³/mol. The molecular formula is C13H16Br2N2O3S. The molecule has 2 N–H and O–H groups in total. The number of hydrogen-bond donors (Lipinski definition) is 2. The highest BCUT2D eigenvalue weighted by Gasteiger charge is 2.28. The summed E-state index contributed by atoms with van der Waals surface area (Å²) in [6.07, 6.45) is 2.18. The lowest BCUT2D eigenvalue weighted by Crippen LogP contribution is -2.45. The van der Waals surface area contributed by atoms with Crippen molar-refractivity contribution in [2.24, 2.45) is 0 Å². The minimum Gasteiger partial charge on any atom is -0.355 e. The topological polar surface area (TPSA) is 75.3 Å². The number of aryl methyl sites for hydroxylation is 1. The van der Waals surface area contributed by atoms with Crippen LogP contribution in [0.3, 0.4) is 0 Å². The highest BCUT2D eigenvalue weighted by Crippen LogP contribution is 2.29. The third-order valence-electron chi connectivity index (χ3n) is 3.34. The predicted octanol–water partition coefficient (Wildman–Crippen LogP) is 2.47. The maximum Gasteiger partial charge on any atom is 0.242 e. The summed E-state index contributed by atoms with van der Waals surface area (Å²) in [5.41, 5.74) is 0.924. The summed E-state index contributed by atoms with van der Waals surface area (Å²) < 4.78 is 28.7. The standard InChI is InChI=1S/C13H16Br2N2O3S/c1-8-6-10(15)12(7-9(8)14)21(19,20)17-11-4-2-3-5-16-13(11)18/h6-7,11,17H,2-5H2,1H3,(H,16,18). The van der Waals surface area contributed by atoms with Crippen LogP contribution in [0, 0.1) is 6.92 Å². The average Bonchev–Trinajstić information content (AvgIpc) is 2.59. The summed E-state index contributed by atoms with van der Waals surface area (Å²) in [6, 6.07) is 2.55. The van der Waals surface area contributed by atoms with Crippen molar-refractivity contribution >= 4 is 47.8 Å². The van der Waals surface area contributed by atoms with Gasteiger partial charge in [0.05, 0.1) is 4.90 Å². The molecule has 1 aromatic carbocycles. The molecule has 2 rings (SSSR count). The van der Waals surface area contributed by atoms with Gasteiger partial charge in [0.25, 0.3) is 0 Å². The van der Waals surface area contributed by atoms with Gasteiger partial charge in [0.1, 0.15) is 6.04 Å². The molecule has 1 amide bonds. The van der Waals surface area contributed by atoms with Crippen LogP contribution in [-0.4, -0.2) is 26.9 Å². The summed E-state index contributed by atoms with van der Waals surface area (Å²) in [6.45, 7) is 2.47. The highest BCUT2D eigenvalue weighted by molar-refractivity contribution is 9.11. The van der Waals surface area contributed by atoms with E-state index in [-0.39, 0.29) is 10.8 Å². The molecule has 0 spiro atoms. The van der Waals surface area contributed by atoms with E-state index in [0.717, 1.165) is 18.4 Å². The minimum absolute atomic E-state index is 0.122. The Kier molecular flexibility index (Phi) is 5.45. The molecule has 1 aliphatic heterocycles. The molecule has 0 saturated carbocycles. The number of rotatable bonds is 3. The van der Waals surface area contributed by atoms with E-state index in [2.05, 4.69) is 41.9 Å². The van der Waals surface area contributed by atoms with Crippen LogP contribution in [0.2, 0.25) is 0 Å². The maximum atomic E-state index is 12.5. The van der Waals surface area contributed by atoms with E-state index >= 15 is 0 Å². The van der Waals surface area contributed by atoms with Crippen molar-refractivity contribution in [1.29, 1.82) is 0 Å². The van der Waals surface area contributed by atoms with Crippen molar-refractivity contribution in [1.82, 2.24) is 10.0 Å². The molecule has 1 saturated heterocycles. The van der Waals surface area contributed by atoms with Crippen LogP contribution in [0.5, 0.6) is 0 Å². The molecule has 116 valence electrons. The normalized spacial score (nSPS) is 20.0. The third-order valence-corrected chi connectivity index (χ3v) is 6.62. The second-order valence-electron chi connectivity index (χ2n) is 4.99. The van der Waals surface area contributed by atoms with Crippen molar-refractivity contribution in [2.75, 3.05) is 6.54 Å². The zero-order valence-electron chi connectivity index (χ0n) is 11.4. The second kappa shape index (κ2) is 6.76. The minimum atomic E-state index is -3.77. The molecule has 1 fully saturated rings. The SMILES string of the molecule is Cc1cc(Br)c(S(=O)(=O)NC2CCCCNC2=O)cc1Br. The monoisotopic (exact) mass is 438 g/mol. The van der Waals surface area contributed by atoms with E-state index < -0.39 is 16.1 Å². The van der Waals surface area contributed by atoms with Crippen molar-refractivity contribution in [2.45, 2.75) is 37.1 Å². The molecular weight excluding hydrogens is 424 g/mol. The van der Waals surface area contributed by atoms with Crippen molar-refractivity contribution < 1.29 is 13.2 Å². The average molecular weight is 440 g/mol. The number of carbonyl (C=O) groups excluding carboxylic acids is 1. The van der Waals surface area contributed by atoms with Crippen LogP contribution in [0.25, 0.3) is 0 Å². The fourth-order valence-corrected chi connectivity index (χ4v) is 5.04. The molecule has 0 aromatic heterocycles. The zero-order chi connectivity index (χ0) is 15.6. The molecule has 5 nitrogen and oxygen atoms in total. The number of hydrogen-bond acceptors (Lipinski definition) is 3. The smallest absolute Gasteiger partial charge is 0.242 e. The van der Waals surface area contributed by atoms with Gasteiger partial charge in [-0.15, -0.1) is 0 Å². The van der Waals surface area contributed by atoms with E-state index in [9.17, 15) is 13.2 Å². The van der Waals surface area contributed by atoms with Gasteiger partial charge in [-0.1, -0.05) is 15.9 Å². The summed E-state index contributed by atoms with van der Waals surface area (Å²) >= 11 is 6.60. The molecule has 1 heterocycles. The third kappa shape index (κ3) is 4.06. The lowest BCUT2D eigenvalue weighted by molar-refractivity contribution is -0.122. The Hall–Kier alpha value is -0.440. The Bertz CT molecular complexity index is 662. The van der Waals surface area contributed by atoms with E-state index in [1.807, 2.05) is 6.92 Å². The van der Waals surface area contributed by atoms with Crippen LogP contribution in [-0.2, 0) is 14.8 Å². The zero-order valence-corrected chi connectivity index (χ0v) is 15.4. The Morgan fingerprint density at radius 3 is 2.67 bits per heavy atom. The molecule has 1 atom stereocenters. The second-order valence-corrected chi connectivity index (χ2v) is 8.38. The first-order valence-corrected chi connectivity index (χ1v) is 9.64. The van der Waals surface area contributed by atoms with E-state index in [4.69, 9.17) is 0 Å². The molecule has 1 aliphatic rings. The summed E-state index contributed by atoms with van der Waals surface area (Å²) in [5.74, 6) is -0.265. The molecule has 0 radical (unpaired) electrons. The Morgan fingerprint density at radius 2 is 1.95 bits per heavy atom. The van der Waals surface area contributed by atoms with Gasteiger partial charge >= 0.3 is 0 Å². The summed E-state index contributed by atoms with van der Waals surface area (Å²) in [5, 5.41) is 2.72. The maximum absolute atomic E-state index is 12.5. The molecule has 0 bridgehead atoms. The van der Waals surface area contributed by atoms with Crippen LogP contribution in [0.4, 0.5) is 0 Å². The largest absolute Gasteiger partial charge is 0.355 e. The quantitative estimate of drug-likeness (QED) is 0.759. The van der Waals surface area contributed by atoms with Gasteiger partial charge in [-0.3, -0.25) is 4.79 Å².